The molecule has 0 spiro atoms. The van der Waals surface area contributed by atoms with Gasteiger partial charge in [0.25, 0.3) is 0 Å². The molecule has 27 heavy (non-hydrogen) atoms. The predicted molar refractivity (Wildman–Crippen MR) is 99.4 cm³/mol. The molecule has 0 bridgehead atoms. The number of benzene rings is 2. The molecule has 2 aromatic carbocycles. The normalized spacial score (nSPS) is 20.6. The van der Waals surface area contributed by atoms with Crippen molar-refractivity contribution in [2.75, 3.05) is 0 Å². The van der Waals surface area contributed by atoms with E-state index in [2.05, 4.69) is 0 Å². The van der Waals surface area contributed by atoms with Gasteiger partial charge in [0.2, 0.25) is 16.3 Å². The topological polar surface area (TPSA) is 0 Å². The maximum atomic E-state index is 13.8. The lowest BCUT2D eigenvalue weighted by Crippen LogP contribution is -2.11. The van der Waals surface area contributed by atoms with Crippen LogP contribution in [0.4, 0.5) is 22.0 Å². The van der Waals surface area contributed by atoms with Gasteiger partial charge in [0.15, 0.2) is 0 Å². The van der Waals surface area contributed by atoms with Crippen molar-refractivity contribution < 1.29 is 22.0 Å². The van der Waals surface area contributed by atoms with E-state index in [1.807, 2.05) is 12.1 Å². The van der Waals surface area contributed by atoms with E-state index in [9.17, 15) is 22.0 Å². The van der Waals surface area contributed by atoms with Crippen molar-refractivity contribution in [1.82, 2.24) is 0 Å². The van der Waals surface area contributed by atoms with Gasteiger partial charge < -0.3 is 0 Å². The third-order valence-electron chi connectivity index (χ3n) is 5.59. The molecule has 0 unspecified atom stereocenters. The molecule has 144 valence electrons. The highest BCUT2D eigenvalue weighted by Gasteiger charge is 2.37. The van der Waals surface area contributed by atoms with Crippen LogP contribution in [0.2, 0.25) is 4.78 Å². The van der Waals surface area contributed by atoms with Gasteiger partial charge in [-0.05, 0) is 47.6 Å². The van der Waals surface area contributed by atoms with Crippen LogP contribution in [-0.2, 0) is 12.6 Å². The minimum Gasteiger partial charge on any atom is -0.206 e. The Kier molecular flexibility index (Phi) is 6.28. The standard InChI is InChI=1S/C21H20F5.Al.2H/c22-18-12-17(13-19(23)20(18)21(24,25)26)16-10-8-15(9-11-16)7-6-14-4-2-1-3-5-14;;;/h1,8-14H,2-7H2;;;. The molecule has 1 saturated carbocycles. The van der Waals surface area contributed by atoms with Gasteiger partial charge in [-0.3, -0.25) is 0 Å². The molecule has 1 aliphatic rings. The molecule has 0 radical (unpaired) electrons. The van der Waals surface area contributed by atoms with Crippen LogP contribution in [0, 0.1) is 17.6 Å². The van der Waals surface area contributed by atoms with Gasteiger partial charge in [0, 0.05) is 0 Å². The van der Waals surface area contributed by atoms with Crippen molar-refractivity contribution in [3.63, 3.8) is 0 Å². The van der Waals surface area contributed by atoms with E-state index in [0.717, 1.165) is 41.2 Å². The lowest BCUT2D eigenvalue weighted by Gasteiger charge is -2.26. The second-order valence-corrected chi connectivity index (χ2v) is 9.31. The molecule has 3 rings (SSSR count). The Labute approximate surface area is 164 Å². The summed E-state index contributed by atoms with van der Waals surface area (Å²) in [5.41, 5.74) is -0.0938. The average molecular weight is 396 g/mol. The van der Waals surface area contributed by atoms with Gasteiger partial charge in [-0.1, -0.05) is 54.7 Å². The third-order valence-corrected chi connectivity index (χ3v) is 6.74. The summed E-state index contributed by atoms with van der Waals surface area (Å²) in [5.74, 6) is -2.40. The zero-order chi connectivity index (χ0) is 19.6. The maximum Gasteiger partial charge on any atom is 0.422 e. The van der Waals surface area contributed by atoms with Crippen LogP contribution in [0.25, 0.3) is 11.1 Å². The van der Waals surface area contributed by atoms with Crippen LogP contribution in [0.3, 0.4) is 0 Å². The number of aryl methyl sites for hydroxylation is 1. The first-order valence-electron chi connectivity index (χ1n) is 9.39. The van der Waals surface area contributed by atoms with Crippen LogP contribution in [0.5, 0.6) is 0 Å². The molecule has 2 aromatic rings. The minimum atomic E-state index is -5.05. The molecular formula is C21H22AlF5. The lowest BCUT2D eigenvalue weighted by molar-refractivity contribution is -0.142. The Bertz CT molecular complexity index is 751. The highest BCUT2D eigenvalue weighted by Crippen LogP contribution is 2.36. The molecule has 0 nitrogen and oxygen atoms in total. The van der Waals surface area contributed by atoms with E-state index in [0.29, 0.717) is 5.56 Å². The van der Waals surface area contributed by atoms with Crippen molar-refractivity contribution in [2.45, 2.75) is 49.5 Å². The highest BCUT2D eigenvalue weighted by atomic mass is 27.0. The Morgan fingerprint density at radius 1 is 0.852 bits per heavy atom. The van der Waals surface area contributed by atoms with Crippen LogP contribution >= 0.6 is 0 Å². The smallest absolute Gasteiger partial charge is 0.206 e. The second kappa shape index (κ2) is 8.33. The van der Waals surface area contributed by atoms with E-state index in [4.69, 9.17) is 0 Å². The van der Waals surface area contributed by atoms with Gasteiger partial charge in [-0.25, -0.2) is 8.78 Å². The number of hydrogen-bond donors (Lipinski definition) is 0. The molecule has 1 aliphatic carbocycles. The van der Waals surface area contributed by atoms with Gasteiger partial charge in [0.1, 0.15) is 17.2 Å². The van der Waals surface area contributed by atoms with Crippen molar-refractivity contribution in [3.05, 3.63) is 59.2 Å². The van der Waals surface area contributed by atoms with Crippen molar-refractivity contribution >= 4 is 16.3 Å². The fraction of sp³-hybridized carbons (Fsp3) is 0.429. The predicted octanol–water partition coefficient (Wildman–Crippen LogP) is 6.20. The van der Waals surface area contributed by atoms with Crippen molar-refractivity contribution in [2.24, 2.45) is 5.92 Å². The summed E-state index contributed by atoms with van der Waals surface area (Å²) in [4.78, 5) is 0. The van der Waals surface area contributed by atoms with E-state index in [-0.39, 0.29) is 5.56 Å². The SMILES string of the molecule is Fc1cc(-c2ccc(CCC3CC[CH]([AlH2])CC3)cc2)cc(F)c1C(F)(F)F. The second-order valence-electron chi connectivity index (χ2n) is 7.67. The molecule has 0 atom stereocenters. The molecule has 1 fully saturated rings. The third kappa shape index (κ3) is 5.12. The summed E-state index contributed by atoms with van der Waals surface area (Å²) in [7, 11) is 0. The molecule has 0 aliphatic heterocycles. The lowest BCUT2D eigenvalue weighted by atomic mass is 9.84. The first-order chi connectivity index (χ1) is 12.7. The number of hydrogen-bond acceptors (Lipinski definition) is 0. The number of rotatable bonds is 4. The molecular weight excluding hydrogens is 374 g/mol. The van der Waals surface area contributed by atoms with E-state index in [1.54, 1.807) is 12.1 Å². The molecule has 6 heteroatoms. The summed E-state index contributed by atoms with van der Waals surface area (Å²) in [6.07, 6.45) is 2.34. The fourth-order valence-corrected chi connectivity index (χ4v) is 4.53. The Morgan fingerprint density at radius 2 is 1.41 bits per heavy atom. The van der Waals surface area contributed by atoms with Crippen LogP contribution in [0.15, 0.2) is 36.4 Å². The van der Waals surface area contributed by atoms with E-state index >= 15 is 0 Å². The molecule has 0 amide bonds. The average Bonchev–Trinajstić information content (AvgIpc) is 2.60. The number of halogens is 5. The largest absolute Gasteiger partial charge is 0.422 e. The maximum absolute atomic E-state index is 13.8. The molecule has 0 heterocycles. The van der Waals surface area contributed by atoms with E-state index in [1.165, 1.54) is 42.0 Å². The van der Waals surface area contributed by atoms with Gasteiger partial charge in [-0.2, -0.15) is 13.2 Å². The van der Waals surface area contributed by atoms with Crippen LogP contribution in [0.1, 0.15) is 43.2 Å². The summed E-state index contributed by atoms with van der Waals surface area (Å²) in [6, 6.07) is 8.69. The fourth-order valence-electron chi connectivity index (χ4n) is 3.86. The zero-order valence-corrected chi connectivity index (χ0v) is 17.3. The first-order valence-corrected chi connectivity index (χ1v) is 10.5. The van der Waals surface area contributed by atoms with E-state index < -0.39 is 23.4 Å². The Hall–Kier alpha value is -1.38. The molecule has 0 N–H and O–H groups in total. The van der Waals surface area contributed by atoms with Gasteiger partial charge in [0.05, 0.1) is 0 Å². The van der Waals surface area contributed by atoms with Crippen molar-refractivity contribution in [1.29, 1.82) is 0 Å². The summed E-state index contributed by atoms with van der Waals surface area (Å²) in [5, 5.41) is 0. The monoisotopic (exact) mass is 396 g/mol. The van der Waals surface area contributed by atoms with Crippen LogP contribution < -0.4 is 0 Å². The minimum absolute atomic E-state index is 0.106. The van der Waals surface area contributed by atoms with Gasteiger partial charge >= 0.3 is 6.18 Å². The van der Waals surface area contributed by atoms with Gasteiger partial charge in [-0.15, -0.1) is 0 Å². The summed E-state index contributed by atoms with van der Waals surface area (Å²) < 4.78 is 66.5. The quantitative estimate of drug-likeness (QED) is 0.427. The number of alkyl halides is 3. The first kappa shape index (κ1) is 20.4. The van der Waals surface area contributed by atoms with Crippen molar-refractivity contribution in [3.8, 4) is 11.1 Å². The Morgan fingerprint density at radius 3 is 1.93 bits per heavy atom. The summed E-state index contributed by atoms with van der Waals surface area (Å²) >= 11 is 1.29. The summed E-state index contributed by atoms with van der Waals surface area (Å²) in [6.45, 7) is 0. The molecule has 0 aromatic heterocycles. The molecule has 0 saturated heterocycles. The van der Waals surface area contributed by atoms with Crippen LogP contribution in [-0.4, -0.2) is 16.3 Å². The Balaban J connectivity index is 1.68. The zero-order valence-electron chi connectivity index (χ0n) is 15.3. The highest BCUT2D eigenvalue weighted by molar-refractivity contribution is 6.11.